The molecular weight excluding hydrogens is 228 g/mol. The third-order valence-electron chi connectivity index (χ3n) is 2.54. The van der Waals surface area contributed by atoms with Crippen molar-refractivity contribution in [1.29, 1.82) is 0 Å². The molecule has 1 heterocycles. The van der Waals surface area contributed by atoms with E-state index in [1.165, 1.54) is 6.33 Å². The van der Waals surface area contributed by atoms with E-state index in [0.29, 0.717) is 17.8 Å². The zero-order valence-corrected chi connectivity index (χ0v) is 12.0. The van der Waals surface area contributed by atoms with Crippen LogP contribution in [0.25, 0.3) is 0 Å². The smallest absolute Gasteiger partial charge is 0.218 e. The van der Waals surface area contributed by atoms with Gasteiger partial charge in [0.15, 0.2) is 0 Å². The Bertz CT molecular complexity index is 345. The summed E-state index contributed by atoms with van der Waals surface area (Å²) < 4.78 is 5.10. The molecule has 1 atom stereocenters. The molecule has 0 aliphatic carbocycles. The maximum atomic E-state index is 5.10. The van der Waals surface area contributed by atoms with Crippen LogP contribution in [0.4, 0.5) is 5.82 Å². The maximum absolute atomic E-state index is 5.10. The van der Waals surface area contributed by atoms with Crippen LogP contribution >= 0.6 is 0 Å². The van der Waals surface area contributed by atoms with Gasteiger partial charge in [-0.1, -0.05) is 13.8 Å². The zero-order valence-electron chi connectivity index (χ0n) is 12.0. The molecule has 0 radical (unpaired) electrons. The van der Waals surface area contributed by atoms with Gasteiger partial charge < -0.3 is 15.0 Å². The van der Waals surface area contributed by atoms with E-state index in [1.807, 2.05) is 6.07 Å². The maximum Gasteiger partial charge on any atom is 0.218 e. The molecule has 0 aliphatic rings. The molecule has 5 heteroatoms. The van der Waals surface area contributed by atoms with Crippen molar-refractivity contribution in [2.75, 3.05) is 33.1 Å². The van der Waals surface area contributed by atoms with Gasteiger partial charge in [0.1, 0.15) is 12.1 Å². The highest BCUT2D eigenvalue weighted by atomic mass is 16.5. The van der Waals surface area contributed by atoms with Crippen LogP contribution < -0.4 is 10.1 Å². The van der Waals surface area contributed by atoms with Gasteiger partial charge in [0, 0.05) is 18.7 Å². The van der Waals surface area contributed by atoms with Crippen LogP contribution in [0, 0.1) is 5.92 Å². The lowest BCUT2D eigenvalue weighted by molar-refractivity contribution is 0.355. The number of methoxy groups -OCH3 is 1. The molecule has 1 rings (SSSR count). The Balaban J connectivity index is 2.68. The van der Waals surface area contributed by atoms with Crippen LogP contribution in [0.5, 0.6) is 5.88 Å². The van der Waals surface area contributed by atoms with Gasteiger partial charge in [-0.25, -0.2) is 9.97 Å². The van der Waals surface area contributed by atoms with Gasteiger partial charge in [0.2, 0.25) is 5.88 Å². The Hall–Kier alpha value is -1.36. The lowest BCUT2D eigenvalue weighted by Gasteiger charge is -2.24. The predicted octanol–water partition coefficient (Wildman–Crippen LogP) is 1.87. The summed E-state index contributed by atoms with van der Waals surface area (Å²) in [5.41, 5.74) is 0. The predicted molar refractivity (Wildman–Crippen MR) is 74.0 cm³/mol. The van der Waals surface area contributed by atoms with Crippen molar-refractivity contribution in [2.45, 2.75) is 26.3 Å². The van der Waals surface area contributed by atoms with Crippen LogP contribution in [0.2, 0.25) is 0 Å². The Morgan fingerprint density at radius 2 is 2.06 bits per heavy atom. The summed E-state index contributed by atoms with van der Waals surface area (Å²) >= 11 is 0. The summed E-state index contributed by atoms with van der Waals surface area (Å²) in [4.78, 5) is 10.4. The van der Waals surface area contributed by atoms with Crippen LogP contribution in [0.1, 0.15) is 20.3 Å². The molecule has 18 heavy (non-hydrogen) atoms. The molecule has 1 aromatic rings. The average Bonchev–Trinajstić information content (AvgIpc) is 2.27. The number of hydrogen-bond donors (Lipinski definition) is 1. The van der Waals surface area contributed by atoms with E-state index in [1.54, 1.807) is 7.11 Å². The van der Waals surface area contributed by atoms with Crippen molar-refractivity contribution in [3.8, 4) is 5.88 Å². The Kier molecular flexibility index (Phi) is 5.85. The molecule has 0 saturated carbocycles. The van der Waals surface area contributed by atoms with Gasteiger partial charge in [-0.2, -0.15) is 0 Å². The van der Waals surface area contributed by atoms with Crippen LogP contribution in [0.15, 0.2) is 12.4 Å². The zero-order chi connectivity index (χ0) is 13.5. The lowest BCUT2D eigenvalue weighted by atomic mass is 10.0. The quantitative estimate of drug-likeness (QED) is 0.803. The summed E-state index contributed by atoms with van der Waals surface area (Å²) in [6.45, 7) is 5.43. The van der Waals surface area contributed by atoms with Crippen molar-refractivity contribution in [1.82, 2.24) is 14.9 Å². The summed E-state index contributed by atoms with van der Waals surface area (Å²) in [5, 5.41) is 3.44. The Labute approximate surface area is 110 Å². The summed E-state index contributed by atoms with van der Waals surface area (Å²) in [6, 6.07) is 2.20. The molecule has 1 N–H and O–H groups in total. The first-order valence-electron chi connectivity index (χ1n) is 6.28. The summed E-state index contributed by atoms with van der Waals surface area (Å²) in [7, 11) is 5.77. The van der Waals surface area contributed by atoms with E-state index in [9.17, 15) is 0 Å². The Morgan fingerprint density at radius 3 is 2.61 bits per heavy atom. The van der Waals surface area contributed by atoms with Gasteiger partial charge in [-0.05, 0) is 26.4 Å². The average molecular weight is 252 g/mol. The summed E-state index contributed by atoms with van der Waals surface area (Å²) in [5.74, 6) is 2.04. The Morgan fingerprint density at radius 1 is 1.33 bits per heavy atom. The molecular formula is C13H24N4O. The number of aromatic nitrogens is 2. The minimum absolute atomic E-state index is 0.375. The SMILES string of the molecule is COc1cc(NC(CC(C)C)CN(C)C)ncn1. The fourth-order valence-corrected chi connectivity index (χ4v) is 1.93. The van der Waals surface area contributed by atoms with E-state index in [4.69, 9.17) is 4.74 Å². The molecule has 0 fully saturated rings. The van der Waals surface area contributed by atoms with Gasteiger partial charge >= 0.3 is 0 Å². The third kappa shape index (κ3) is 5.31. The molecule has 5 nitrogen and oxygen atoms in total. The number of likely N-dealkylation sites (N-methyl/N-ethyl adjacent to an activating group) is 1. The monoisotopic (exact) mass is 252 g/mol. The number of nitrogens with one attached hydrogen (secondary N) is 1. The highest BCUT2D eigenvalue weighted by Crippen LogP contribution is 2.14. The minimum Gasteiger partial charge on any atom is -0.481 e. The van der Waals surface area contributed by atoms with Crippen molar-refractivity contribution in [2.24, 2.45) is 5.92 Å². The fourth-order valence-electron chi connectivity index (χ4n) is 1.93. The first kappa shape index (κ1) is 14.7. The largest absolute Gasteiger partial charge is 0.481 e. The third-order valence-corrected chi connectivity index (χ3v) is 2.54. The van der Waals surface area contributed by atoms with Crippen LogP contribution in [-0.2, 0) is 0 Å². The van der Waals surface area contributed by atoms with Crippen molar-refractivity contribution in [3.63, 3.8) is 0 Å². The van der Waals surface area contributed by atoms with E-state index < -0.39 is 0 Å². The second kappa shape index (κ2) is 7.16. The number of hydrogen-bond acceptors (Lipinski definition) is 5. The first-order valence-corrected chi connectivity index (χ1v) is 6.28. The van der Waals surface area contributed by atoms with Gasteiger partial charge in [-0.3, -0.25) is 0 Å². The van der Waals surface area contributed by atoms with Crippen molar-refractivity contribution in [3.05, 3.63) is 12.4 Å². The van der Waals surface area contributed by atoms with E-state index in [0.717, 1.165) is 18.8 Å². The normalized spacial score (nSPS) is 12.8. The van der Waals surface area contributed by atoms with Crippen LogP contribution in [0.3, 0.4) is 0 Å². The molecule has 0 aromatic carbocycles. The van der Waals surface area contributed by atoms with Gasteiger partial charge in [-0.15, -0.1) is 0 Å². The van der Waals surface area contributed by atoms with Gasteiger partial charge in [0.25, 0.3) is 0 Å². The molecule has 0 saturated heterocycles. The molecule has 0 spiro atoms. The highest BCUT2D eigenvalue weighted by molar-refractivity contribution is 5.38. The number of anilines is 1. The van der Waals surface area contributed by atoms with Crippen LogP contribution in [-0.4, -0.2) is 48.7 Å². The van der Waals surface area contributed by atoms with E-state index in [-0.39, 0.29) is 0 Å². The number of ether oxygens (including phenoxy) is 1. The van der Waals surface area contributed by atoms with E-state index in [2.05, 4.69) is 48.1 Å². The molecule has 1 unspecified atom stereocenters. The number of nitrogens with zero attached hydrogens (tertiary/aromatic N) is 3. The summed E-state index contributed by atoms with van der Waals surface area (Å²) in [6.07, 6.45) is 2.62. The highest BCUT2D eigenvalue weighted by Gasteiger charge is 2.13. The topological polar surface area (TPSA) is 50.3 Å². The van der Waals surface area contributed by atoms with Gasteiger partial charge in [0.05, 0.1) is 7.11 Å². The minimum atomic E-state index is 0.375. The van der Waals surface area contributed by atoms with E-state index >= 15 is 0 Å². The standard InChI is InChI=1S/C13H24N4O/c1-10(2)6-11(8-17(3)4)16-12-7-13(18-5)15-9-14-12/h7,9-11H,6,8H2,1-5H3,(H,14,15,16). The molecule has 0 amide bonds. The second-order valence-electron chi connectivity index (χ2n) is 5.18. The first-order chi connectivity index (χ1) is 8.51. The molecule has 1 aromatic heterocycles. The molecule has 102 valence electrons. The second-order valence-corrected chi connectivity index (χ2v) is 5.18. The lowest BCUT2D eigenvalue weighted by Crippen LogP contribution is -2.33. The molecule has 0 bridgehead atoms. The van der Waals surface area contributed by atoms with Crippen molar-refractivity contribution >= 4 is 5.82 Å². The van der Waals surface area contributed by atoms with Crippen molar-refractivity contribution < 1.29 is 4.74 Å². The fraction of sp³-hybridized carbons (Fsp3) is 0.692. The number of rotatable bonds is 7. The molecule has 0 aliphatic heterocycles.